The summed E-state index contributed by atoms with van der Waals surface area (Å²) in [5.74, 6) is -0.303. The number of aliphatic imine (C=N–C) groups is 1. The maximum atomic E-state index is 13.4. The largest absolute Gasteiger partial charge is 0.494 e. The predicted octanol–water partition coefficient (Wildman–Crippen LogP) is 5.78. The second-order valence-corrected chi connectivity index (χ2v) is 9.35. The average Bonchev–Trinajstić information content (AvgIpc) is 2.76. The Hall–Kier alpha value is -2.05. The molecule has 0 amide bonds. The zero-order chi connectivity index (χ0) is 22.0. The van der Waals surface area contributed by atoms with Crippen LogP contribution >= 0.6 is 23.2 Å². The first kappa shape index (κ1) is 22.2. The van der Waals surface area contributed by atoms with Crippen LogP contribution in [0.25, 0.3) is 0 Å². The van der Waals surface area contributed by atoms with E-state index in [1.807, 2.05) is 0 Å². The highest BCUT2D eigenvalue weighted by Gasteiger charge is 2.28. The van der Waals surface area contributed by atoms with E-state index in [1.165, 1.54) is 15.3 Å². The third-order valence-corrected chi connectivity index (χ3v) is 6.99. The van der Waals surface area contributed by atoms with Crippen molar-refractivity contribution >= 4 is 35.1 Å². The second-order valence-electron chi connectivity index (χ2n) is 8.50. The number of hydrogen-bond donors (Lipinski definition) is 1. The van der Waals surface area contributed by atoms with Gasteiger partial charge in [0.2, 0.25) is 5.88 Å². The maximum Gasteiger partial charge on any atom is 0.334 e. The van der Waals surface area contributed by atoms with Crippen molar-refractivity contribution < 1.29 is 5.11 Å². The molecule has 166 valence electrons. The molecule has 0 spiro atoms. The maximum absolute atomic E-state index is 13.4. The molecule has 8 heteroatoms. The van der Waals surface area contributed by atoms with Crippen molar-refractivity contribution in [1.82, 2.24) is 9.13 Å². The van der Waals surface area contributed by atoms with Crippen LogP contribution in [0.2, 0.25) is 10.0 Å². The molecule has 2 fully saturated rings. The molecule has 1 heterocycles. The van der Waals surface area contributed by atoms with Crippen molar-refractivity contribution in [3.63, 3.8) is 0 Å². The van der Waals surface area contributed by atoms with Crippen molar-refractivity contribution in [2.75, 3.05) is 0 Å². The van der Waals surface area contributed by atoms with Gasteiger partial charge in [0.05, 0.1) is 10.7 Å². The number of hydrogen-bond acceptors (Lipinski definition) is 4. The van der Waals surface area contributed by atoms with E-state index in [1.54, 1.807) is 18.2 Å². The molecule has 0 radical (unpaired) electrons. The summed E-state index contributed by atoms with van der Waals surface area (Å²) < 4.78 is 2.79. The summed E-state index contributed by atoms with van der Waals surface area (Å²) in [5.41, 5.74) is -0.426. The molecule has 6 nitrogen and oxygen atoms in total. The lowest BCUT2D eigenvalue weighted by atomic mass is 9.94. The van der Waals surface area contributed by atoms with Gasteiger partial charge >= 0.3 is 5.69 Å². The van der Waals surface area contributed by atoms with E-state index in [9.17, 15) is 14.7 Å². The third kappa shape index (κ3) is 4.60. The minimum absolute atomic E-state index is 0.0294. The van der Waals surface area contributed by atoms with E-state index in [4.69, 9.17) is 23.2 Å². The lowest BCUT2D eigenvalue weighted by Gasteiger charge is -2.29. The molecule has 0 saturated heterocycles. The van der Waals surface area contributed by atoms with Crippen LogP contribution < -0.4 is 11.2 Å². The van der Waals surface area contributed by atoms with E-state index in [0.29, 0.717) is 15.7 Å². The van der Waals surface area contributed by atoms with Gasteiger partial charge < -0.3 is 5.11 Å². The van der Waals surface area contributed by atoms with Crippen molar-refractivity contribution in [3.8, 4) is 5.88 Å². The fourth-order valence-electron chi connectivity index (χ4n) is 4.81. The van der Waals surface area contributed by atoms with Crippen molar-refractivity contribution in [2.45, 2.75) is 76.3 Å². The normalized spacial score (nSPS) is 18.6. The van der Waals surface area contributed by atoms with Crippen LogP contribution in [0.15, 0.2) is 32.8 Å². The van der Waals surface area contributed by atoms with E-state index in [2.05, 4.69) is 4.99 Å². The Labute approximate surface area is 191 Å². The molecule has 0 unspecified atom stereocenters. The van der Waals surface area contributed by atoms with Gasteiger partial charge in [-0.05, 0) is 43.9 Å². The summed E-state index contributed by atoms with van der Waals surface area (Å²) in [6.45, 7) is 0. The van der Waals surface area contributed by atoms with Crippen molar-refractivity contribution in [2.24, 2.45) is 4.99 Å². The van der Waals surface area contributed by atoms with Gasteiger partial charge in [0.15, 0.2) is 0 Å². The molecule has 0 aliphatic heterocycles. The lowest BCUT2D eigenvalue weighted by Crippen LogP contribution is -2.45. The molecule has 4 rings (SSSR count). The Balaban J connectivity index is 1.85. The lowest BCUT2D eigenvalue weighted by molar-refractivity contribution is 0.271. The molecule has 2 aliphatic carbocycles. The fraction of sp³-hybridized carbons (Fsp3) is 0.522. The summed E-state index contributed by atoms with van der Waals surface area (Å²) in [4.78, 5) is 31.1. The van der Waals surface area contributed by atoms with Gasteiger partial charge in [0.25, 0.3) is 5.56 Å². The van der Waals surface area contributed by atoms with Crippen LogP contribution in [0.4, 0.5) is 5.69 Å². The van der Waals surface area contributed by atoms with Crippen LogP contribution in [0.3, 0.4) is 0 Å². The highest BCUT2D eigenvalue weighted by Crippen LogP contribution is 2.32. The molecule has 2 aliphatic rings. The number of rotatable bonds is 4. The molecule has 2 aromatic rings. The highest BCUT2D eigenvalue weighted by atomic mass is 35.5. The SMILES string of the molecule is O=c1c(C=Nc2ccc(Cl)cc2Cl)c(O)n(C2CCCCC2)c(=O)n1C1CCCCC1. The number of halogens is 2. The van der Waals surface area contributed by atoms with Gasteiger partial charge in [-0.25, -0.2) is 4.79 Å². The Morgan fingerprint density at radius 3 is 2.06 bits per heavy atom. The highest BCUT2D eigenvalue weighted by molar-refractivity contribution is 6.36. The molecule has 0 atom stereocenters. The number of aromatic hydroxyl groups is 1. The van der Waals surface area contributed by atoms with Gasteiger partial charge in [-0.3, -0.25) is 18.9 Å². The summed E-state index contributed by atoms with van der Waals surface area (Å²) in [6.07, 6.45) is 10.8. The predicted molar refractivity (Wildman–Crippen MR) is 125 cm³/mol. The Morgan fingerprint density at radius 2 is 1.48 bits per heavy atom. The third-order valence-electron chi connectivity index (χ3n) is 6.45. The van der Waals surface area contributed by atoms with Gasteiger partial charge in [-0.2, -0.15) is 0 Å². The molecular weight excluding hydrogens is 437 g/mol. The zero-order valence-corrected chi connectivity index (χ0v) is 18.9. The monoisotopic (exact) mass is 463 g/mol. The smallest absolute Gasteiger partial charge is 0.334 e. The summed E-state index contributed by atoms with van der Waals surface area (Å²) in [6, 6.07) is 4.62. The number of aromatic nitrogens is 2. The van der Waals surface area contributed by atoms with Crippen LogP contribution in [0.5, 0.6) is 5.88 Å². The van der Waals surface area contributed by atoms with E-state index < -0.39 is 11.2 Å². The van der Waals surface area contributed by atoms with E-state index in [0.717, 1.165) is 64.2 Å². The molecule has 2 saturated carbocycles. The summed E-state index contributed by atoms with van der Waals surface area (Å²) in [7, 11) is 0. The molecule has 31 heavy (non-hydrogen) atoms. The molecule has 1 aromatic heterocycles. The second kappa shape index (κ2) is 9.61. The Morgan fingerprint density at radius 1 is 0.903 bits per heavy atom. The van der Waals surface area contributed by atoms with Crippen LogP contribution in [-0.2, 0) is 0 Å². The van der Waals surface area contributed by atoms with Crippen LogP contribution in [0, 0.1) is 0 Å². The number of benzene rings is 1. The van der Waals surface area contributed by atoms with E-state index in [-0.39, 0.29) is 23.5 Å². The Bertz CT molecular complexity index is 1090. The minimum Gasteiger partial charge on any atom is -0.494 e. The first-order valence-electron chi connectivity index (χ1n) is 11.1. The standard InChI is InChI=1S/C23H27Cl2N3O3/c24-15-11-12-20(19(25)13-15)26-14-18-21(29)27(16-7-3-1-4-8-16)23(31)28(22(18)30)17-9-5-2-6-10-17/h11-14,16-17,29H,1-10H2. The topological polar surface area (TPSA) is 76.6 Å². The van der Waals surface area contributed by atoms with Crippen molar-refractivity contribution in [3.05, 3.63) is 54.6 Å². The van der Waals surface area contributed by atoms with Crippen LogP contribution in [-0.4, -0.2) is 20.5 Å². The van der Waals surface area contributed by atoms with Crippen molar-refractivity contribution in [1.29, 1.82) is 0 Å². The molecular formula is C23H27Cl2N3O3. The quantitative estimate of drug-likeness (QED) is 0.583. The van der Waals surface area contributed by atoms with Gasteiger partial charge in [0, 0.05) is 23.3 Å². The number of nitrogens with zero attached hydrogens (tertiary/aromatic N) is 3. The van der Waals surface area contributed by atoms with Gasteiger partial charge in [-0.15, -0.1) is 0 Å². The first-order valence-corrected chi connectivity index (χ1v) is 11.8. The minimum atomic E-state index is -0.490. The van der Waals surface area contributed by atoms with E-state index >= 15 is 0 Å². The summed E-state index contributed by atoms with van der Waals surface area (Å²) >= 11 is 12.2. The molecule has 1 N–H and O–H groups in total. The Kier molecular flexibility index (Phi) is 6.87. The van der Waals surface area contributed by atoms with Crippen LogP contribution in [0.1, 0.15) is 81.9 Å². The van der Waals surface area contributed by atoms with Gasteiger partial charge in [0.1, 0.15) is 5.56 Å². The first-order chi connectivity index (χ1) is 15.0. The summed E-state index contributed by atoms with van der Waals surface area (Å²) in [5, 5.41) is 11.8. The molecule has 1 aromatic carbocycles. The average molecular weight is 464 g/mol. The molecule has 0 bridgehead atoms. The zero-order valence-electron chi connectivity index (χ0n) is 17.4. The van der Waals surface area contributed by atoms with Gasteiger partial charge in [-0.1, -0.05) is 61.7 Å². The fourth-order valence-corrected chi connectivity index (χ4v) is 5.27.